The van der Waals surface area contributed by atoms with Gasteiger partial charge in [0.1, 0.15) is 11.6 Å². The number of aromatic nitrogens is 2. The molecule has 1 aromatic carbocycles. The fourth-order valence-electron chi connectivity index (χ4n) is 1.95. The first-order chi connectivity index (χ1) is 9.65. The average Bonchev–Trinajstić information content (AvgIpc) is 3.27. The third-order valence-corrected chi connectivity index (χ3v) is 3.22. The molecule has 20 heavy (non-hydrogen) atoms. The van der Waals surface area contributed by atoms with E-state index in [4.69, 9.17) is 4.74 Å². The first kappa shape index (κ1) is 12.8. The Morgan fingerprint density at radius 2 is 2.05 bits per heavy atom. The minimum Gasteiger partial charge on any atom is -0.436 e. The van der Waals surface area contributed by atoms with Crippen LogP contribution < -0.4 is 10.1 Å². The quantitative estimate of drug-likeness (QED) is 0.924. The van der Waals surface area contributed by atoms with E-state index in [1.807, 2.05) is 6.92 Å². The minimum absolute atomic E-state index is 0.188. The molecule has 0 aliphatic heterocycles. The Kier molecular flexibility index (Phi) is 3.26. The smallest absolute Gasteiger partial charge is 0.224 e. The Morgan fingerprint density at radius 3 is 2.75 bits per heavy atom. The molecule has 0 amide bonds. The minimum atomic E-state index is -0.395. The molecule has 1 N–H and O–H groups in total. The van der Waals surface area contributed by atoms with Gasteiger partial charge >= 0.3 is 0 Å². The van der Waals surface area contributed by atoms with E-state index in [0.29, 0.717) is 17.6 Å². The number of rotatable bonds is 4. The molecule has 1 aromatic heterocycles. The van der Waals surface area contributed by atoms with Crippen LogP contribution in [0.5, 0.6) is 11.6 Å². The van der Waals surface area contributed by atoms with E-state index in [-0.39, 0.29) is 5.75 Å². The van der Waals surface area contributed by atoms with Crippen molar-refractivity contribution in [1.29, 1.82) is 0 Å². The molecule has 5 heteroatoms. The summed E-state index contributed by atoms with van der Waals surface area (Å²) < 4.78 is 19.3. The van der Waals surface area contributed by atoms with Gasteiger partial charge in [-0.3, -0.25) is 0 Å². The number of anilines is 1. The summed E-state index contributed by atoms with van der Waals surface area (Å²) >= 11 is 0. The molecule has 0 radical (unpaired) electrons. The summed E-state index contributed by atoms with van der Waals surface area (Å²) in [6.45, 7) is 1.89. The van der Waals surface area contributed by atoms with Crippen molar-refractivity contribution in [3.05, 3.63) is 41.5 Å². The van der Waals surface area contributed by atoms with Crippen molar-refractivity contribution >= 4 is 5.82 Å². The van der Waals surface area contributed by atoms with E-state index in [1.165, 1.54) is 6.07 Å². The van der Waals surface area contributed by atoms with E-state index in [1.54, 1.807) is 25.2 Å². The molecule has 0 saturated heterocycles. The van der Waals surface area contributed by atoms with Crippen LogP contribution >= 0.6 is 0 Å². The maximum Gasteiger partial charge on any atom is 0.224 e. The summed E-state index contributed by atoms with van der Waals surface area (Å²) in [6.07, 6.45) is 2.21. The molecule has 1 fully saturated rings. The molecule has 1 aliphatic rings. The largest absolute Gasteiger partial charge is 0.436 e. The van der Waals surface area contributed by atoms with Crippen LogP contribution in [0.3, 0.4) is 0 Å². The number of halogens is 1. The second-order valence-corrected chi connectivity index (χ2v) is 5.01. The number of nitrogens with one attached hydrogen (secondary N) is 1. The molecule has 0 unspecified atom stereocenters. The van der Waals surface area contributed by atoms with Crippen LogP contribution in [0.1, 0.15) is 30.1 Å². The highest BCUT2D eigenvalue weighted by atomic mass is 19.1. The van der Waals surface area contributed by atoms with E-state index < -0.39 is 5.82 Å². The highest BCUT2D eigenvalue weighted by Crippen LogP contribution is 2.39. The van der Waals surface area contributed by atoms with E-state index in [2.05, 4.69) is 15.3 Å². The number of hydrogen-bond donors (Lipinski definition) is 1. The lowest BCUT2D eigenvalue weighted by atomic mass is 10.2. The van der Waals surface area contributed by atoms with Gasteiger partial charge < -0.3 is 10.1 Å². The van der Waals surface area contributed by atoms with Gasteiger partial charge in [0.25, 0.3) is 0 Å². The number of ether oxygens (including phenoxy) is 1. The first-order valence-corrected chi connectivity index (χ1v) is 6.66. The van der Waals surface area contributed by atoms with Gasteiger partial charge in [0.05, 0.1) is 0 Å². The Morgan fingerprint density at radius 1 is 1.25 bits per heavy atom. The van der Waals surface area contributed by atoms with Gasteiger partial charge in [-0.1, -0.05) is 6.07 Å². The van der Waals surface area contributed by atoms with Crippen LogP contribution in [0, 0.1) is 12.7 Å². The predicted molar refractivity (Wildman–Crippen MR) is 74.8 cm³/mol. The maximum atomic E-state index is 13.7. The summed E-state index contributed by atoms with van der Waals surface area (Å²) in [6, 6.07) is 6.43. The zero-order valence-electron chi connectivity index (χ0n) is 11.5. The lowest BCUT2D eigenvalue weighted by molar-refractivity contribution is 0.424. The predicted octanol–water partition coefficient (Wildman–Crippen LogP) is 3.64. The Balaban J connectivity index is 1.93. The molecule has 1 heterocycles. The lowest BCUT2D eigenvalue weighted by Gasteiger charge is -2.09. The fraction of sp³-hybridized carbons (Fsp3) is 0.333. The second kappa shape index (κ2) is 5.07. The highest BCUT2D eigenvalue weighted by molar-refractivity contribution is 5.41. The van der Waals surface area contributed by atoms with Crippen LogP contribution in [0.2, 0.25) is 0 Å². The Hall–Kier alpha value is -2.17. The average molecular weight is 273 g/mol. The van der Waals surface area contributed by atoms with Crippen molar-refractivity contribution in [2.24, 2.45) is 0 Å². The third kappa shape index (κ3) is 2.71. The standard InChI is InChI=1S/C15H16FN3O/c1-9-3-6-11(16)12(7-9)20-14-8-13(17-2)18-15(19-14)10-4-5-10/h3,6-8,10H,4-5H2,1-2H3,(H,17,18,19). The molecular weight excluding hydrogens is 257 g/mol. The number of hydrogen-bond acceptors (Lipinski definition) is 4. The second-order valence-electron chi connectivity index (χ2n) is 5.01. The van der Waals surface area contributed by atoms with E-state index in [9.17, 15) is 4.39 Å². The highest BCUT2D eigenvalue weighted by Gasteiger charge is 2.27. The lowest BCUT2D eigenvalue weighted by Crippen LogP contribution is -2.01. The van der Waals surface area contributed by atoms with Crippen molar-refractivity contribution in [3.63, 3.8) is 0 Å². The summed E-state index contributed by atoms with van der Waals surface area (Å²) in [5.41, 5.74) is 0.937. The number of benzene rings is 1. The molecule has 4 nitrogen and oxygen atoms in total. The zero-order chi connectivity index (χ0) is 14.1. The third-order valence-electron chi connectivity index (χ3n) is 3.22. The molecule has 104 valence electrons. The van der Waals surface area contributed by atoms with Crippen molar-refractivity contribution < 1.29 is 9.13 Å². The SMILES string of the molecule is CNc1cc(Oc2cc(C)ccc2F)nc(C2CC2)n1. The van der Waals surface area contributed by atoms with Crippen molar-refractivity contribution in [2.45, 2.75) is 25.7 Å². The molecule has 3 rings (SSSR count). The van der Waals surface area contributed by atoms with Gasteiger partial charge in [-0.2, -0.15) is 4.98 Å². The molecule has 2 aromatic rings. The Labute approximate surface area is 117 Å². The molecule has 1 saturated carbocycles. The molecule has 0 bridgehead atoms. The summed E-state index contributed by atoms with van der Waals surface area (Å²) in [5, 5.41) is 2.98. The van der Waals surface area contributed by atoms with Crippen molar-refractivity contribution in [2.75, 3.05) is 12.4 Å². The van der Waals surface area contributed by atoms with Crippen LogP contribution in [0.25, 0.3) is 0 Å². The van der Waals surface area contributed by atoms with E-state index >= 15 is 0 Å². The Bertz CT molecular complexity index is 641. The van der Waals surface area contributed by atoms with Crippen LogP contribution in [-0.4, -0.2) is 17.0 Å². The molecular formula is C15H16FN3O. The zero-order valence-corrected chi connectivity index (χ0v) is 11.5. The first-order valence-electron chi connectivity index (χ1n) is 6.66. The van der Waals surface area contributed by atoms with Gasteiger partial charge in [-0.25, -0.2) is 9.37 Å². The monoisotopic (exact) mass is 273 g/mol. The molecule has 0 spiro atoms. The summed E-state index contributed by atoms with van der Waals surface area (Å²) in [4.78, 5) is 8.77. The van der Waals surface area contributed by atoms with Gasteiger partial charge in [0, 0.05) is 19.0 Å². The summed E-state index contributed by atoms with van der Waals surface area (Å²) in [5.74, 6) is 2.02. The summed E-state index contributed by atoms with van der Waals surface area (Å²) in [7, 11) is 1.79. The van der Waals surface area contributed by atoms with Crippen molar-refractivity contribution in [1.82, 2.24) is 9.97 Å². The van der Waals surface area contributed by atoms with Gasteiger partial charge in [-0.05, 0) is 37.5 Å². The van der Waals surface area contributed by atoms with E-state index in [0.717, 1.165) is 24.2 Å². The van der Waals surface area contributed by atoms with Crippen LogP contribution in [0.4, 0.5) is 10.2 Å². The van der Waals surface area contributed by atoms with Gasteiger partial charge in [0.15, 0.2) is 11.6 Å². The van der Waals surface area contributed by atoms with Crippen molar-refractivity contribution in [3.8, 4) is 11.6 Å². The fourth-order valence-corrected chi connectivity index (χ4v) is 1.95. The topological polar surface area (TPSA) is 47.0 Å². The van der Waals surface area contributed by atoms with Gasteiger partial charge in [0.2, 0.25) is 5.88 Å². The van der Waals surface area contributed by atoms with Crippen LogP contribution in [0.15, 0.2) is 24.3 Å². The number of nitrogens with zero attached hydrogens (tertiary/aromatic N) is 2. The molecule has 0 atom stereocenters. The number of aryl methyl sites for hydroxylation is 1. The maximum absolute atomic E-state index is 13.7. The van der Waals surface area contributed by atoms with Gasteiger partial charge in [-0.15, -0.1) is 0 Å². The van der Waals surface area contributed by atoms with Crippen LogP contribution in [-0.2, 0) is 0 Å². The normalized spacial score (nSPS) is 14.2. The molecule has 1 aliphatic carbocycles.